The van der Waals surface area contributed by atoms with Crippen molar-refractivity contribution in [3.63, 3.8) is 0 Å². The number of carbonyl (C=O) groups is 1. The van der Waals surface area contributed by atoms with Crippen LogP contribution in [-0.2, 0) is 11.2 Å². The number of hydrogen-bond donors (Lipinski definition) is 1. The third-order valence-corrected chi connectivity index (χ3v) is 4.38. The first-order valence-corrected chi connectivity index (χ1v) is 9.04. The number of anilines is 1. The third-order valence-electron chi connectivity index (χ3n) is 4.38. The molecule has 138 valence electrons. The van der Waals surface area contributed by atoms with E-state index in [2.05, 4.69) is 10.3 Å². The van der Waals surface area contributed by atoms with Gasteiger partial charge in [-0.3, -0.25) is 9.78 Å². The zero-order chi connectivity index (χ0) is 19.2. The monoisotopic (exact) mass is 360 g/mol. The Labute approximate surface area is 160 Å². The first-order valence-electron chi connectivity index (χ1n) is 9.04. The molecule has 0 spiro atoms. The number of rotatable bonds is 6. The van der Waals surface area contributed by atoms with Crippen LogP contribution in [-0.4, -0.2) is 17.0 Å². The molecular formula is C23H24N2O2. The lowest BCUT2D eigenvalue weighted by molar-refractivity contribution is -0.122. The van der Waals surface area contributed by atoms with Gasteiger partial charge in [0.05, 0.1) is 0 Å². The molecule has 1 N–H and O–H groups in total. The fourth-order valence-corrected chi connectivity index (χ4v) is 2.86. The lowest BCUT2D eigenvalue weighted by Crippen LogP contribution is -2.30. The molecule has 4 nitrogen and oxygen atoms in total. The van der Waals surface area contributed by atoms with Gasteiger partial charge in [-0.25, -0.2) is 0 Å². The van der Waals surface area contributed by atoms with E-state index in [4.69, 9.17) is 4.74 Å². The van der Waals surface area contributed by atoms with Gasteiger partial charge in [0.2, 0.25) is 0 Å². The average Bonchev–Trinajstić information content (AvgIpc) is 2.66. The first-order chi connectivity index (χ1) is 13.0. The Bertz CT molecular complexity index is 905. The highest BCUT2D eigenvalue weighted by Crippen LogP contribution is 2.20. The van der Waals surface area contributed by atoms with Crippen molar-refractivity contribution < 1.29 is 9.53 Å². The van der Waals surface area contributed by atoms with Gasteiger partial charge >= 0.3 is 0 Å². The van der Waals surface area contributed by atoms with E-state index in [9.17, 15) is 4.79 Å². The van der Waals surface area contributed by atoms with Gasteiger partial charge in [-0.15, -0.1) is 0 Å². The molecule has 0 saturated heterocycles. The molecular weight excluding hydrogens is 336 g/mol. The number of aryl methyl sites for hydroxylation is 2. The van der Waals surface area contributed by atoms with Crippen LogP contribution in [0, 0.1) is 13.8 Å². The van der Waals surface area contributed by atoms with E-state index < -0.39 is 6.10 Å². The SMILES string of the molecule is Cc1ccc(O[C@H](C)C(=O)Nc2ccc(Cc3ccncc3)cc2)c(C)c1. The molecule has 0 unspecified atom stereocenters. The van der Waals surface area contributed by atoms with E-state index in [1.165, 1.54) is 16.7 Å². The molecule has 0 aliphatic heterocycles. The maximum Gasteiger partial charge on any atom is 0.265 e. The number of nitrogens with one attached hydrogen (secondary N) is 1. The van der Waals surface area contributed by atoms with Crippen LogP contribution in [0.2, 0.25) is 0 Å². The largest absolute Gasteiger partial charge is 0.481 e. The molecule has 1 amide bonds. The van der Waals surface area contributed by atoms with E-state index >= 15 is 0 Å². The van der Waals surface area contributed by atoms with Crippen LogP contribution in [0.3, 0.4) is 0 Å². The van der Waals surface area contributed by atoms with E-state index in [0.29, 0.717) is 0 Å². The summed E-state index contributed by atoms with van der Waals surface area (Å²) in [6, 6.07) is 17.8. The van der Waals surface area contributed by atoms with Gasteiger partial charge < -0.3 is 10.1 Å². The summed E-state index contributed by atoms with van der Waals surface area (Å²) in [4.78, 5) is 16.5. The van der Waals surface area contributed by atoms with Gasteiger partial charge in [0, 0.05) is 18.1 Å². The van der Waals surface area contributed by atoms with Crippen molar-refractivity contribution in [3.8, 4) is 5.75 Å². The smallest absolute Gasteiger partial charge is 0.265 e. The summed E-state index contributed by atoms with van der Waals surface area (Å²) in [6.45, 7) is 5.77. The summed E-state index contributed by atoms with van der Waals surface area (Å²) >= 11 is 0. The lowest BCUT2D eigenvalue weighted by atomic mass is 10.1. The molecule has 1 atom stereocenters. The Kier molecular flexibility index (Phi) is 5.87. The zero-order valence-electron chi connectivity index (χ0n) is 15.9. The third kappa shape index (κ3) is 5.17. The van der Waals surface area contributed by atoms with Gasteiger partial charge in [-0.2, -0.15) is 0 Å². The summed E-state index contributed by atoms with van der Waals surface area (Å²) in [6.07, 6.45) is 3.84. The Balaban J connectivity index is 1.58. The second-order valence-corrected chi connectivity index (χ2v) is 6.75. The molecule has 0 aliphatic carbocycles. The molecule has 27 heavy (non-hydrogen) atoms. The molecule has 3 rings (SSSR count). The summed E-state index contributed by atoms with van der Waals surface area (Å²) in [5.74, 6) is 0.563. The summed E-state index contributed by atoms with van der Waals surface area (Å²) < 4.78 is 5.82. The van der Waals surface area contributed by atoms with Crippen LogP contribution < -0.4 is 10.1 Å². The van der Waals surface area contributed by atoms with Gasteiger partial charge in [-0.1, -0.05) is 29.8 Å². The van der Waals surface area contributed by atoms with E-state index in [1.54, 1.807) is 19.3 Å². The standard InChI is InChI=1S/C23H24N2O2/c1-16-4-9-22(17(2)14-16)27-18(3)23(26)25-21-7-5-19(6-8-21)15-20-10-12-24-13-11-20/h4-14,18H,15H2,1-3H3,(H,25,26)/t18-/m1/s1. The highest BCUT2D eigenvalue weighted by Gasteiger charge is 2.16. The number of carbonyl (C=O) groups excluding carboxylic acids is 1. The van der Waals surface area contributed by atoms with Crippen molar-refractivity contribution in [3.05, 3.63) is 89.2 Å². The minimum atomic E-state index is -0.581. The normalized spacial score (nSPS) is 11.7. The molecule has 4 heteroatoms. The number of aromatic nitrogens is 1. The number of nitrogens with zero attached hydrogens (tertiary/aromatic N) is 1. The summed E-state index contributed by atoms with van der Waals surface area (Å²) in [5.41, 5.74) is 5.34. The topological polar surface area (TPSA) is 51.2 Å². The molecule has 0 bridgehead atoms. The Morgan fingerprint density at radius 3 is 2.33 bits per heavy atom. The Hall–Kier alpha value is -3.14. The molecule has 1 aromatic heterocycles. The number of ether oxygens (including phenoxy) is 1. The van der Waals surface area contributed by atoms with Crippen molar-refractivity contribution in [1.82, 2.24) is 4.98 Å². The van der Waals surface area contributed by atoms with Crippen molar-refractivity contribution in [2.24, 2.45) is 0 Å². The fourth-order valence-electron chi connectivity index (χ4n) is 2.86. The molecule has 3 aromatic rings. The van der Waals surface area contributed by atoms with Crippen molar-refractivity contribution in [2.45, 2.75) is 33.3 Å². The number of benzene rings is 2. The average molecular weight is 360 g/mol. The highest BCUT2D eigenvalue weighted by atomic mass is 16.5. The van der Waals surface area contributed by atoms with Crippen molar-refractivity contribution in [2.75, 3.05) is 5.32 Å². The van der Waals surface area contributed by atoms with Crippen LogP contribution in [0.25, 0.3) is 0 Å². The van der Waals surface area contributed by atoms with E-state index in [0.717, 1.165) is 23.4 Å². The van der Waals surface area contributed by atoms with Gasteiger partial charge in [-0.05, 0) is 74.2 Å². The number of hydrogen-bond acceptors (Lipinski definition) is 3. The maximum atomic E-state index is 12.4. The van der Waals surface area contributed by atoms with Gasteiger partial charge in [0.1, 0.15) is 5.75 Å². The van der Waals surface area contributed by atoms with Gasteiger partial charge in [0.15, 0.2) is 6.10 Å². The second kappa shape index (κ2) is 8.49. The van der Waals surface area contributed by atoms with Crippen LogP contribution in [0.5, 0.6) is 5.75 Å². The molecule has 0 fully saturated rings. The molecule has 1 heterocycles. The van der Waals surface area contributed by atoms with Crippen LogP contribution in [0.4, 0.5) is 5.69 Å². The van der Waals surface area contributed by atoms with E-state index in [1.807, 2.05) is 68.4 Å². The van der Waals surface area contributed by atoms with Crippen LogP contribution >= 0.6 is 0 Å². The summed E-state index contributed by atoms with van der Waals surface area (Å²) in [5, 5.41) is 2.91. The Morgan fingerprint density at radius 1 is 1.00 bits per heavy atom. The minimum Gasteiger partial charge on any atom is -0.481 e. The van der Waals surface area contributed by atoms with Crippen LogP contribution in [0.1, 0.15) is 29.2 Å². The fraction of sp³-hybridized carbons (Fsp3) is 0.217. The number of pyridine rings is 1. The van der Waals surface area contributed by atoms with E-state index in [-0.39, 0.29) is 5.91 Å². The Morgan fingerprint density at radius 2 is 1.67 bits per heavy atom. The predicted octanol–water partition coefficient (Wildman–Crippen LogP) is 4.70. The first kappa shape index (κ1) is 18.6. The summed E-state index contributed by atoms with van der Waals surface area (Å²) in [7, 11) is 0. The van der Waals surface area contributed by atoms with Gasteiger partial charge in [0.25, 0.3) is 5.91 Å². The highest BCUT2D eigenvalue weighted by molar-refractivity contribution is 5.94. The molecule has 0 aliphatic rings. The quantitative estimate of drug-likeness (QED) is 0.693. The van der Waals surface area contributed by atoms with Crippen molar-refractivity contribution in [1.29, 1.82) is 0 Å². The minimum absolute atomic E-state index is 0.170. The van der Waals surface area contributed by atoms with Crippen molar-refractivity contribution >= 4 is 11.6 Å². The second-order valence-electron chi connectivity index (χ2n) is 6.75. The van der Waals surface area contributed by atoms with Crippen LogP contribution in [0.15, 0.2) is 67.0 Å². The number of amides is 1. The molecule has 0 radical (unpaired) electrons. The lowest BCUT2D eigenvalue weighted by Gasteiger charge is -2.16. The predicted molar refractivity (Wildman–Crippen MR) is 108 cm³/mol. The molecule has 0 saturated carbocycles. The zero-order valence-corrected chi connectivity index (χ0v) is 15.9. The molecule has 2 aromatic carbocycles. The maximum absolute atomic E-state index is 12.4.